The van der Waals surface area contributed by atoms with Gasteiger partial charge in [-0.1, -0.05) is 42.5 Å². The van der Waals surface area contributed by atoms with Crippen molar-refractivity contribution in [2.45, 2.75) is 52.2 Å². The van der Waals surface area contributed by atoms with Crippen LogP contribution in [-0.4, -0.2) is 17.7 Å². The van der Waals surface area contributed by atoms with Gasteiger partial charge < -0.3 is 10.1 Å². The van der Waals surface area contributed by atoms with Crippen molar-refractivity contribution < 1.29 is 9.53 Å². The van der Waals surface area contributed by atoms with Crippen LogP contribution in [0.1, 0.15) is 39.7 Å². The molecule has 0 bridgehead atoms. The fourth-order valence-corrected chi connectivity index (χ4v) is 1.87. The van der Waals surface area contributed by atoms with Gasteiger partial charge in [0.15, 0.2) is 0 Å². The first-order valence-corrected chi connectivity index (χ1v) is 7.05. The molecule has 0 aromatic heterocycles. The van der Waals surface area contributed by atoms with E-state index in [1.54, 1.807) is 0 Å². The molecule has 1 aromatic rings. The molecule has 0 aliphatic rings. The van der Waals surface area contributed by atoms with E-state index in [2.05, 4.69) is 23.5 Å². The summed E-state index contributed by atoms with van der Waals surface area (Å²) in [5.74, 6) is 0. The summed E-state index contributed by atoms with van der Waals surface area (Å²) in [5, 5.41) is 2.94. The largest absolute Gasteiger partial charge is 0.444 e. The van der Waals surface area contributed by atoms with Crippen molar-refractivity contribution in [1.29, 1.82) is 0 Å². The summed E-state index contributed by atoms with van der Waals surface area (Å²) in [6, 6.07) is 10.2. The summed E-state index contributed by atoms with van der Waals surface area (Å²) in [5.41, 5.74) is 0.736. The second-order valence-corrected chi connectivity index (χ2v) is 5.84. The number of allylic oxidation sites excluding steroid dienone is 1. The molecule has 0 radical (unpaired) electrons. The standard InChI is InChI=1S/C17H25NO2/c1-5-6-12-15(13-14-10-8-7-9-11-14)18-16(19)20-17(2,3)4/h5-11,15H,12-13H2,1-4H3,(H,18,19)/b6-5+. The first-order chi connectivity index (χ1) is 9.40. The van der Waals surface area contributed by atoms with Crippen LogP contribution in [0.15, 0.2) is 42.5 Å². The fourth-order valence-electron chi connectivity index (χ4n) is 1.87. The topological polar surface area (TPSA) is 38.3 Å². The molecule has 0 spiro atoms. The molecule has 3 nitrogen and oxygen atoms in total. The predicted octanol–water partition coefficient (Wildman–Crippen LogP) is 4.09. The number of ether oxygens (including phenoxy) is 1. The predicted molar refractivity (Wildman–Crippen MR) is 82.7 cm³/mol. The van der Waals surface area contributed by atoms with E-state index in [1.807, 2.05) is 52.0 Å². The molecule has 1 atom stereocenters. The van der Waals surface area contributed by atoms with Crippen molar-refractivity contribution in [3.63, 3.8) is 0 Å². The molecule has 1 aromatic carbocycles. The van der Waals surface area contributed by atoms with Crippen LogP contribution in [0.25, 0.3) is 0 Å². The molecule has 0 saturated heterocycles. The van der Waals surface area contributed by atoms with Crippen LogP contribution in [0.3, 0.4) is 0 Å². The molecule has 0 aliphatic heterocycles. The van der Waals surface area contributed by atoms with E-state index in [0.717, 1.165) is 12.8 Å². The molecule has 1 rings (SSSR count). The van der Waals surface area contributed by atoms with E-state index in [-0.39, 0.29) is 12.1 Å². The highest BCUT2D eigenvalue weighted by molar-refractivity contribution is 5.68. The molecule has 0 aliphatic carbocycles. The summed E-state index contributed by atoms with van der Waals surface area (Å²) in [6.45, 7) is 7.58. The van der Waals surface area contributed by atoms with Gasteiger partial charge in [0.1, 0.15) is 5.60 Å². The lowest BCUT2D eigenvalue weighted by Crippen LogP contribution is -2.40. The van der Waals surface area contributed by atoms with Crippen molar-refractivity contribution in [2.75, 3.05) is 0 Å². The third-order valence-corrected chi connectivity index (χ3v) is 2.70. The number of carbonyl (C=O) groups is 1. The van der Waals surface area contributed by atoms with Crippen LogP contribution in [0, 0.1) is 0 Å². The zero-order valence-electron chi connectivity index (χ0n) is 12.8. The molecule has 1 unspecified atom stereocenters. The first-order valence-electron chi connectivity index (χ1n) is 7.05. The highest BCUT2D eigenvalue weighted by Crippen LogP contribution is 2.10. The Morgan fingerprint density at radius 3 is 2.50 bits per heavy atom. The number of benzene rings is 1. The molecule has 0 heterocycles. The van der Waals surface area contributed by atoms with Gasteiger partial charge in [-0.2, -0.15) is 0 Å². The molecule has 0 saturated carbocycles. The molecule has 20 heavy (non-hydrogen) atoms. The minimum absolute atomic E-state index is 0.0449. The number of nitrogens with one attached hydrogen (secondary N) is 1. The zero-order valence-corrected chi connectivity index (χ0v) is 12.8. The summed E-state index contributed by atoms with van der Waals surface area (Å²) in [4.78, 5) is 11.9. The van der Waals surface area contributed by atoms with Crippen LogP contribution < -0.4 is 5.32 Å². The van der Waals surface area contributed by atoms with Crippen molar-refractivity contribution in [3.8, 4) is 0 Å². The average molecular weight is 275 g/mol. The molecule has 1 N–H and O–H groups in total. The quantitative estimate of drug-likeness (QED) is 0.822. The van der Waals surface area contributed by atoms with Gasteiger partial charge in [-0.15, -0.1) is 0 Å². The maximum absolute atomic E-state index is 11.9. The van der Waals surface area contributed by atoms with Crippen molar-refractivity contribution >= 4 is 6.09 Å². The monoisotopic (exact) mass is 275 g/mol. The Balaban J connectivity index is 2.62. The molecular weight excluding hydrogens is 250 g/mol. The average Bonchev–Trinajstić information content (AvgIpc) is 2.35. The minimum Gasteiger partial charge on any atom is -0.444 e. The van der Waals surface area contributed by atoms with Gasteiger partial charge in [-0.3, -0.25) is 0 Å². The number of amides is 1. The first kappa shape index (κ1) is 16.3. The van der Waals surface area contributed by atoms with E-state index in [1.165, 1.54) is 5.56 Å². The van der Waals surface area contributed by atoms with Crippen LogP contribution in [-0.2, 0) is 11.2 Å². The molecule has 1 amide bonds. The molecule has 0 fully saturated rings. The zero-order chi connectivity index (χ0) is 15.0. The number of rotatable bonds is 5. The van der Waals surface area contributed by atoms with Gasteiger partial charge in [0, 0.05) is 6.04 Å². The molecule has 3 heteroatoms. The second kappa shape index (κ2) is 7.73. The Morgan fingerprint density at radius 1 is 1.30 bits per heavy atom. The van der Waals surface area contributed by atoms with Crippen molar-refractivity contribution in [3.05, 3.63) is 48.0 Å². The third-order valence-electron chi connectivity index (χ3n) is 2.70. The van der Waals surface area contributed by atoms with Gasteiger partial charge in [0.05, 0.1) is 0 Å². The number of hydrogen-bond donors (Lipinski definition) is 1. The van der Waals surface area contributed by atoms with E-state index in [0.29, 0.717) is 0 Å². The normalized spacial score (nSPS) is 13.2. The van der Waals surface area contributed by atoms with Crippen molar-refractivity contribution in [2.24, 2.45) is 0 Å². The Bertz CT molecular complexity index is 432. The van der Waals surface area contributed by atoms with Gasteiger partial charge in [-0.25, -0.2) is 4.79 Å². The molecular formula is C17H25NO2. The summed E-state index contributed by atoms with van der Waals surface area (Å²) in [7, 11) is 0. The number of hydrogen-bond acceptors (Lipinski definition) is 2. The van der Waals surface area contributed by atoms with E-state index in [9.17, 15) is 4.79 Å². The lowest BCUT2D eigenvalue weighted by atomic mass is 10.0. The lowest BCUT2D eigenvalue weighted by Gasteiger charge is -2.23. The van der Waals surface area contributed by atoms with Crippen molar-refractivity contribution in [1.82, 2.24) is 5.32 Å². The summed E-state index contributed by atoms with van der Waals surface area (Å²) >= 11 is 0. The number of alkyl carbamates (subject to hydrolysis) is 1. The second-order valence-electron chi connectivity index (χ2n) is 5.84. The Kier molecular flexibility index (Phi) is 6.29. The van der Waals surface area contributed by atoms with E-state index >= 15 is 0 Å². The fraction of sp³-hybridized carbons (Fsp3) is 0.471. The minimum atomic E-state index is -0.470. The van der Waals surface area contributed by atoms with Gasteiger partial charge in [-0.05, 0) is 46.1 Å². The maximum atomic E-state index is 11.9. The Morgan fingerprint density at radius 2 is 1.95 bits per heavy atom. The van der Waals surface area contributed by atoms with E-state index < -0.39 is 5.60 Å². The lowest BCUT2D eigenvalue weighted by molar-refractivity contribution is 0.0504. The van der Waals surface area contributed by atoms with Crippen LogP contribution in [0.2, 0.25) is 0 Å². The summed E-state index contributed by atoms with van der Waals surface area (Å²) < 4.78 is 5.31. The van der Waals surface area contributed by atoms with E-state index in [4.69, 9.17) is 4.74 Å². The smallest absolute Gasteiger partial charge is 0.407 e. The van der Waals surface area contributed by atoms with Crippen LogP contribution >= 0.6 is 0 Å². The van der Waals surface area contributed by atoms with Crippen LogP contribution in [0.4, 0.5) is 4.79 Å². The number of carbonyl (C=O) groups excluding carboxylic acids is 1. The highest BCUT2D eigenvalue weighted by Gasteiger charge is 2.19. The maximum Gasteiger partial charge on any atom is 0.407 e. The third kappa shape index (κ3) is 6.98. The van der Waals surface area contributed by atoms with Gasteiger partial charge >= 0.3 is 6.09 Å². The summed E-state index contributed by atoms with van der Waals surface area (Å²) in [6.07, 6.45) is 5.29. The Hall–Kier alpha value is -1.77. The van der Waals surface area contributed by atoms with Gasteiger partial charge in [0.25, 0.3) is 0 Å². The van der Waals surface area contributed by atoms with Gasteiger partial charge in [0.2, 0.25) is 0 Å². The molecule has 110 valence electrons. The van der Waals surface area contributed by atoms with Crippen LogP contribution in [0.5, 0.6) is 0 Å². The Labute approximate surface area is 122 Å². The SMILES string of the molecule is C/C=C/CC(Cc1ccccc1)NC(=O)OC(C)(C)C. The highest BCUT2D eigenvalue weighted by atomic mass is 16.6.